The first-order chi connectivity index (χ1) is 3.00. The first kappa shape index (κ1) is 22.9. The molecule has 0 bridgehead atoms. The van der Waals surface area contributed by atoms with Crippen molar-refractivity contribution in [2.24, 2.45) is 0 Å². The van der Waals surface area contributed by atoms with Crippen LogP contribution in [0.25, 0.3) is 0 Å². The van der Waals surface area contributed by atoms with E-state index in [0.29, 0.717) is 0 Å². The molecule has 0 aromatic carbocycles. The molecule has 0 fully saturated rings. The molecule has 0 aromatic rings. The number of hydrogen-bond acceptors (Lipinski definition) is 5. The molecule has 0 rings (SSSR count). The molecule has 0 heterocycles. The SMILES string of the molecule is O.O.O=S(=O)([O-])[O-].[O]=[V+2]. The fourth-order valence-electron chi connectivity index (χ4n) is 0. The van der Waals surface area contributed by atoms with E-state index in [2.05, 4.69) is 0 Å². The summed E-state index contributed by atoms with van der Waals surface area (Å²) in [6.07, 6.45) is 0. The summed E-state index contributed by atoms with van der Waals surface area (Å²) in [6, 6.07) is 0. The molecule has 0 radical (unpaired) electrons. The van der Waals surface area contributed by atoms with Crippen LogP contribution in [0.15, 0.2) is 0 Å². The van der Waals surface area contributed by atoms with Crippen LogP contribution in [0.2, 0.25) is 0 Å². The molecular weight excluding hydrogens is 195 g/mol. The van der Waals surface area contributed by atoms with Crippen LogP contribution in [0.4, 0.5) is 0 Å². The first-order valence-electron chi connectivity index (χ1n) is 0.849. The van der Waals surface area contributed by atoms with Gasteiger partial charge in [0.15, 0.2) is 0 Å². The minimum atomic E-state index is -5.17. The molecule has 0 spiro atoms. The van der Waals surface area contributed by atoms with Gasteiger partial charge in [0.1, 0.15) is 0 Å². The molecule has 0 saturated heterocycles. The molecule has 0 aliphatic heterocycles. The Kier molecular flexibility index (Phi) is 28.1. The second-order valence-electron chi connectivity index (χ2n) is 0.408. The van der Waals surface area contributed by atoms with Crippen LogP contribution in [0.5, 0.6) is 0 Å². The predicted molar refractivity (Wildman–Crippen MR) is 18.4 cm³/mol. The van der Waals surface area contributed by atoms with Gasteiger partial charge in [0.25, 0.3) is 0 Å². The van der Waals surface area contributed by atoms with E-state index in [0.717, 1.165) is 17.4 Å². The number of hydrogen-bond donors (Lipinski definition) is 0. The van der Waals surface area contributed by atoms with Gasteiger partial charge in [0.2, 0.25) is 0 Å². The predicted octanol–water partition coefficient (Wildman–Crippen LogP) is -3.11. The van der Waals surface area contributed by atoms with E-state index in [-0.39, 0.29) is 11.0 Å². The molecule has 0 amide bonds. The summed E-state index contributed by atoms with van der Waals surface area (Å²) in [5.41, 5.74) is 0. The van der Waals surface area contributed by atoms with Gasteiger partial charge in [-0.05, 0) is 0 Å². The van der Waals surface area contributed by atoms with Crippen molar-refractivity contribution in [2.75, 3.05) is 0 Å². The van der Waals surface area contributed by atoms with Gasteiger partial charge in [-0.15, -0.1) is 0 Å². The molecule has 0 aromatic heterocycles. The normalized spacial score (nSPS) is 7.11. The molecular formula is H4O7SV. The molecule has 9 heteroatoms. The van der Waals surface area contributed by atoms with E-state index in [1.807, 2.05) is 0 Å². The Morgan fingerprint density at radius 3 is 1.00 bits per heavy atom. The van der Waals surface area contributed by atoms with Crippen molar-refractivity contribution in [3.05, 3.63) is 0 Å². The number of rotatable bonds is 0. The van der Waals surface area contributed by atoms with E-state index in [4.69, 9.17) is 21.2 Å². The summed E-state index contributed by atoms with van der Waals surface area (Å²) in [4.78, 5) is 0. The van der Waals surface area contributed by atoms with Crippen molar-refractivity contribution in [1.82, 2.24) is 0 Å². The molecule has 0 atom stereocenters. The summed E-state index contributed by atoms with van der Waals surface area (Å²) < 4.78 is 42.3. The molecule has 4 N–H and O–H groups in total. The molecule has 9 heavy (non-hydrogen) atoms. The second kappa shape index (κ2) is 11.0. The fourth-order valence-corrected chi connectivity index (χ4v) is 0. The van der Waals surface area contributed by atoms with Crippen molar-refractivity contribution >= 4 is 10.4 Å². The zero-order valence-electron chi connectivity index (χ0n) is 3.90. The van der Waals surface area contributed by atoms with Crippen molar-refractivity contribution in [3.63, 3.8) is 0 Å². The van der Waals surface area contributed by atoms with Gasteiger partial charge in [-0.3, -0.25) is 8.42 Å². The molecule has 0 saturated carbocycles. The van der Waals surface area contributed by atoms with Crippen LogP contribution in [0, 0.1) is 0 Å². The molecule has 7 nitrogen and oxygen atoms in total. The Bertz CT molecular complexity index is 103. The molecule has 0 aliphatic rings. The van der Waals surface area contributed by atoms with Crippen molar-refractivity contribution in [1.29, 1.82) is 0 Å². The zero-order chi connectivity index (χ0) is 6.50. The van der Waals surface area contributed by atoms with Gasteiger partial charge in [0.05, 0.1) is 0 Å². The third-order valence-corrected chi connectivity index (χ3v) is 0. The molecule has 0 unspecified atom stereocenters. The first-order valence-corrected chi connectivity index (χ1v) is 2.75. The third kappa shape index (κ3) is 10200. The topological polar surface area (TPSA) is 160 Å². The summed E-state index contributed by atoms with van der Waals surface area (Å²) >= 11 is 1.06. The van der Waals surface area contributed by atoms with E-state index < -0.39 is 10.4 Å². The maximum absolute atomic E-state index is 8.52. The summed E-state index contributed by atoms with van der Waals surface area (Å²) in [5.74, 6) is 0. The second-order valence-corrected chi connectivity index (χ2v) is 1.22. The van der Waals surface area contributed by atoms with Gasteiger partial charge in [-0.2, -0.15) is 0 Å². The van der Waals surface area contributed by atoms with Crippen LogP contribution >= 0.6 is 0 Å². The van der Waals surface area contributed by atoms with Gasteiger partial charge >= 0.3 is 21.0 Å². The molecule has 0 aliphatic carbocycles. The maximum atomic E-state index is 8.52. The van der Waals surface area contributed by atoms with E-state index in [1.54, 1.807) is 0 Å². The quantitative estimate of drug-likeness (QED) is 0.297. The van der Waals surface area contributed by atoms with Crippen molar-refractivity contribution in [2.45, 2.75) is 0 Å². The van der Waals surface area contributed by atoms with Crippen LogP contribution in [0.3, 0.4) is 0 Å². The molecule has 57 valence electrons. The Labute approximate surface area is 60.5 Å². The third-order valence-electron chi connectivity index (χ3n) is 0. The monoisotopic (exact) mass is 199 g/mol. The minimum absolute atomic E-state index is 0. The summed E-state index contributed by atoms with van der Waals surface area (Å²) in [5, 5.41) is 0. The van der Waals surface area contributed by atoms with Crippen molar-refractivity contribution < 1.29 is 49.5 Å². The van der Waals surface area contributed by atoms with Crippen LogP contribution in [-0.2, 0) is 31.4 Å². The zero-order valence-corrected chi connectivity index (χ0v) is 6.11. The summed E-state index contributed by atoms with van der Waals surface area (Å²) in [6.45, 7) is 0. The standard InChI is InChI=1S/H2O4S.2H2O.O.V/c1-5(2,3)4;;;;/h(H2,1,2,3,4);2*1H2;;/q;;;;+2/p-2. The fraction of sp³-hybridized carbons (Fsp3) is 0. The van der Waals surface area contributed by atoms with Crippen molar-refractivity contribution in [3.8, 4) is 0 Å². The van der Waals surface area contributed by atoms with Crippen LogP contribution in [0.1, 0.15) is 0 Å². The Morgan fingerprint density at radius 1 is 1.00 bits per heavy atom. The van der Waals surface area contributed by atoms with E-state index in [9.17, 15) is 0 Å². The van der Waals surface area contributed by atoms with Gasteiger partial charge < -0.3 is 20.1 Å². The van der Waals surface area contributed by atoms with Crippen LogP contribution in [-0.4, -0.2) is 28.5 Å². The Morgan fingerprint density at radius 2 is 1.00 bits per heavy atom. The van der Waals surface area contributed by atoms with E-state index >= 15 is 0 Å². The van der Waals surface area contributed by atoms with Crippen LogP contribution < -0.4 is 0 Å². The van der Waals surface area contributed by atoms with Gasteiger partial charge in [-0.25, -0.2) is 0 Å². The van der Waals surface area contributed by atoms with E-state index in [1.165, 1.54) is 0 Å². The Balaban J connectivity index is -0.0000000286. The summed E-state index contributed by atoms with van der Waals surface area (Å²) in [7, 11) is -5.17. The van der Waals surface area contributed by atoms with Gasteiger partial charge in [0, 0.05) is 10.4 Å². The average molecular weight is 199 g/mol. The average Bonchev–Trinajstić information content (AvgIpc) is 1.36. The van der Waals surface area contributed by atoms with Gasteiger partial charge in [-0.1, -0.05) is 0 Å². The Hall–Kier alpha value is 0.174.